The monoisotopic (exact) mass is 448 g/mol. The molecule has 0 unspecified atom stereocenters. The van der Waals surface area contributed by atoms with E-state index in [4.69, 9.17) is 9.90 Å². The number of nitrogens with zero attached hydrogens (tertiary/aromatic N) is 3. The first-order valence-electron chi connectivity index (χ1n) is 9.52. The van der Waals surface area contributed by atoms with Crippen molar-refractivity contribution in [3.8, 4) is 22.5 Å². The molecule has 1 aromatic carbocycles. The van der Waals surface area contributed by atoms with E-state index >= 15 is 0 Å². The van der Waals surface area contributed by atoms with Gasteiger partial charge in [-0.25, -0.2) is 4.79 Å². The number of aromatic nitrogens is 3. The SMILES string of the molecule is O=C(O)C(F)(F)F.O=C1NCCCn2nc(-c3ccnc(-c4cccc(CO)c4)c3)cc21. The average molecular weight is 448 g/mol. The van der Waals surface area contributed by atoms with Gasteiger partial charge >= 0.3 is 12.1 Å². The Kier molecular flexibility index (Phi) is 6.89. The van der Waals surface area contributed by atoms with Gasteiger partial charge in [0.1, 0.15) is 5.69 Å². The third-order valence-electron chi connectivity index (χ3n) is 4.55. The molecule has 0 saturated carbocycles. The number of nitrogens with one attached hydrogen (secondary N) is 1. The third-order valence-corrected chi connectivity index (χ3v) is 4.55. The first-order chi connectivity index (χ1) is 15.2. The zero-order valence-corrected chi connectivity index (χ0v) is 16.6. The Labute approximate surface area is 180 Å². The minimum absolute atomic E-state index is 0.00356. The number of rotatable bonds is 3. The van der Waals surface area contributed by atoms with Gasteiger partial charge in [-0.1, -0.05) is 18.2 Å². The zero-order chi connectivity index (χ0) is 23.3. The lowest BCUT2D eigenvalue weighted by Crippen LogP contribution is -2.22. The minimum atomic E-state index is -5.08. The Bertz CT molecular complexity index is 1130. The van der Waals surface area contributed by atoms with Crippen molar-refractivity contribution in [1.29, 1.82) is 0 Å². The number of aliphatic hydroxyl groups excluding tert-OH is 1. The summed E-state index contributed by atoms with van der Waals surface area (Å²) >= 11 is 0. The number of carboxylic acid groups (broad SMARTS) is 1. The molecule has 3 N–H and O–H groups in total. The number of pyridine rings is 1. The van der Waals surface area contributed by atoms with Crippen LogP contribution in [0, 0.1) is 0 Å². The largest absolute Gasteiger partial charge is 0.490 e. The van der Waals surface area contributed by atoms with Gasteiger partial charge in [0.25, 0.3) is 5.91 Å². The second-order valence-corrected chi connectivity index (χ2v) is 6.84. The minimum Gasteiger partial charge on any atom is -0.475 e. The molecular formula is C21H19F3N4O4. The van der Waals surface area contributed by atoms with Gasteiger partial charge in [-0.2, -0.15) is 18.3 Å². The molecule has 1 aliphatic rings. The number of aliphatic carboxylic acids is 1. The Morgan fingerprint density at radius 2 is 1.84 bits per heavy atom. The molecule has 0 aliphatic carbocycles. The molecule has 32 heavy (non-hydrogen) atoms. The van der Waals surface area contributed by atoms with E-state index in [9.17, 15) is 23.1 Å². The number of benzene rings is 1. The van der Waals surface area contributed by atoms with Crippen LogP contribution in [0.15, 0.2) is 48.7 Å². The van der Waals surface area contributed by atoms with Gasteiger partial charge in [-0.15, -0.1) is 0 Å². The molecule has 3 heterocycles. The maximum atomic E-state index is 12.1. The summed E-state index contributed by atoms with van der Waals surface area (Å²) in [5.41, 5.74) is 4.84. The van der Waals surface area contributed by atoms with Gasteiger partial charge < -0.3 is 15.5 Å². The summed E-state index contributed by atoms with van der Waals surface area (Å²) in [4.78, 5) is 25.4. The van der Waals surface area contributed by atoms with E-state index in [0.29, 0.717) is 12.2 Å². The van der Waals surface area contributed by atoms with Crippen LogP contribution in [-0.4, -0.2) is 49.6 Å². The second-order valence-electron chi connectivity index (χ2n) is 6.84. The molecule has 0 bridgehead atoms. The normalized spacial score (nSPS) is 13.3. The summed E-state index contributed by atoms with van der Waals surface area (Å²) in [6, 6.07) is 13.3. The number of amides is 1. The van der Waals surface area contributed by atoms with Crippen LogP contribution in [0.1, 0.15) is 22.5 Å². The maximum absolute atomic E-state index is 12.1. The number of alkyl halides is 3. The fourth-order valence-corrected chi connectivity index (χ4v) is 3.01. The van der Waals surface area contributed by atoms with Crippen molar-refractivity contribution in [1.82, 2.24) is 20.1 Å². The van der Waals surface area contributed by atoms with Crippen LogP contribution in [0.3, 0.4) is 0 Å². The number of aryl methyl sites for hydroxylation is 1. The highest BCUT2D eigenvalue weighted by Gasteiger charge is 2.38. The van der Waals surface area contributed by atoms with Gasteiger partial charge in [0.15, 0.2) is 0 Å². The van der Waals surface area contributed by atoms with E-state index in [1.165, 1.54) is 0 Å². The van der Waals surface area contributed by atoms with E-state index in [1.54, 1.807) is 10.9 Å². The summed E-state index contributed by atoms with van der Waals surface area (Å²) in [7, 11) is 0. The van der Waals surface area contributed by atoms with E-state index in [-0.39, 0.29) is 12.5 Å². The number of carbonyl (C=O) groups excluding carboxylic acids is 1. The summed E-state index contributed by atoms with van der Waals surface area (Å²) in [6.07, 6.45) is -2.48. The summed E-state index contributed by atoms with van der Waals surface area (Å²) in [5, 5.41) is 23.9. The molecule has 3 aromatic rings. The van der Waals surface area contributed by atoms with E-state index in [0.717, 1.165) is 41.0 Å². The fourth-order valence-electron chi connectivity index (χ4n) is 3.01. The molecule has 0 atom stereocenters. The van der Waals surface area contributed by atoms with Crippen LogP contribution in [-0.2, 0) is 17.9 Å². The lowest BCUT2D eigenvalue weighted by molar-refractivity contribution is -0.192. The van der Waals surface area contributed by atoms with Crippen molar-refractivity contribution in [2.45, 2.75) is 25.7 Å². The molecule has 0 spiro atoms. The highest BCUT2D eigenvalue weighted by molar-refractivity contribution is 5.94. The van der Waals surface area contributed by atoms with Crippen molar-refractivity contribution in [3.05, 3.63) is 59.9 Å². The molecule has 4 rings (SSSR count). The van der Waals surface area contributed by atoms with Gasteiger partial charge in [0, 0.05) is 30.4 Å². The Morgan fingerprint density at radius 1 is 1.12 bits per heavy atom. The summed E-state index contributed by atoms with van der Waals surface area (Å²) in [5.74, 6) is -2.84. The predicted octanol–water partition coefficient (Wildman–Crippen LogP) is 2.87. The Balaban J connectivity index is 0.000000360. The van der Waals surface area contributed by atoms with Gasteiger partial charge in [0.2, 0.25) is 0 Å². The third kappa shape index (κ3) is 5.49. The quantitative estimate of drug-likeness (QED) is 0.567. The lowest BCUT2D eigenvalue weighted by Gasteiger charge is -2.05. The summed E-state index contributed by atoms with van der Waals surface area (Å²) in [6.45, 7) is 1.40. The van der Waals surface area contributed by atoms with Crippen LogP contribution in [0.5, 0.6) is 0 Å². The topological polar surface area (TPSA) is 117 Å². The first-order valence-corrected chi connectivity index (χ1v) is 9.52. The molecule has 11 heteroatoms. The van der Waals surface area contributed by atoms with Gasteiger partial charge in [-0.05, 0) is 36.2 Å². The number of aliphatic hydroxyl groups is 1. The first kappa shape index (κ1) is 22.9. The highest BCUT2D eigenvalue weighted by atomic mass is 19.4. The molecule has 2 aromatic heterocycles. The fraction of sp³-hybridized carbons (Fsp3) is 0.238. The van der Waals surface area contributed by atoms with Crippen LogP contribution >= 0.6 is 0 Å². The van der Waals surface area contributed by atoms with Crippen LogP contribution in [0.2, 0.25) is 0 Å². The number of hydrogen-bond acceptors (Lipinski definition) is 5. The van der Waals surface area contributed by atoms with Crippen LogP contribution in [0.25, 0.3) is 22.5 Å². The smallest absolute Gasteiger partial charge is 0.475 e. The van der Waals surface area contributed by atoms with Crippen molar-refractivity contribution < 1.29 is 33.0 Å². The molecule has 0 radical (unpaired) electrons. The van der Waals surface area contributed by atoms with Crippen molar-refractivity contribution in [2.75, 3.05) is 6.54 Å². The molecule has 0 saturated heterocycles. The predicted molar refractivity (Wildman–Crippen MR) is 107 cm³/mol. The van der Waals surface area contributed by atoms with Crippen molar-refractivity contribution in [2.24, 2.45) is 0 Å². The summed E-state index contributed by atoms with van der Waals surface area (Å²) < 4.78 is 33.5. The molecule has 0 fully saturated rings. The van der Waals surface area contributed by atoms with Gasteiger partial charge in [-0.3, -0.25) is 14.5 Å². The average Bonchev–Trinajstić information content (AvgIpc) is 3.13. The van der Waals surface area contributed by atoms with E-state index < -0.39 is 12.1 Å². The Hall–Kier alpha value is -3.73. The second kappa shape index (κ2) is 9.60. The number of carbonyl (C=O) groups is 2. The van der Waals surface area contributed by atoms with Gasteiger partial charge in [0.05, 0.1) is 18.0 Å². The number of carboxylic acids is 1. The molecule has 1 amide bonds. The van der Waals surface area contributed by atoms with Crippen LogP contribution < -0.4 is 5.32 Å². The van der Waals surface area contributed by atoms with Crippen LogP contribution in [0.4, 0.5) is 13.2 Å². The van der Waals surface area contributed by atoms with Crippen molar-refractivity contribution in [3.63, 3.8) is 0 Å². The van der Waals surface area contributed by atoms with E-state index in [2.05, 4.69) is 15.4 Å². The molecular weight excluding hydrogens is 429 g/mol. The van der Waals surface area contributed by atoms with E-state index in [1.807, 2.05) is 42.5 Å². The highest BCUT2D eigenvalue weighted by Crippen LogP contribution is 2.25. The zero-order valence-electron chi connectivity index (χ0n) is 16.6. The standard InChI is InChI=1S/C19H18N4O2.C2HF3O2/c24-12-13-3-1-4-14(9-13)16-10-15(5-7-20-16)17-11-18-19(25)21-6-2-8-23(18)22-17;3-2(4,5)1(6)7/h1,3-5,7,9-11,24H,2,6,8,12H2,(H,21,25);(H,6,7). The number of fused-ring (bicyclic) bond motifs is 1. The number of hydrogen-bond donors (Lipinski definition) is 3. The molecule has 8 nitrogen and oxygen atoms in total. The molecule has 168 valence electrons. The number of halogens is 3. The van der Waals surface area contributed by atoms with Crippen molar-refractivity contribution >= 4 is 11.9 Å². The maximum Gasteiger partial charge on any atom is 0.490 e. The molecule has 1 aliphatic heterocycles. The Morgan fingerprint density at radius 3 is 2.53 bits per heavy atom. The lowest BCUT2D eigenvalue weighted by atomic mass is 10.1.